The van der Waals surface area contributed by atoms with Crippen LogP contribution in [0.4, 0.5) is 0 Å². The molecule has 0 aromatic carbocycles. The van der Waals surface area contributed by atoms with Gasteiger partial charge in [0.2, 0.25) is 11.9 Å². The summed E-state index contributed by atoms with van der Waals surface area (Å²) in [6.45, 7) is 1.00. The molecule has 0 bridgehead atoms. The second-order valence-corrected chi connectivity index (χ2v) is 3.06. The van der Waals surface area contributed by atoms with Gasteiger partial charge in [-0.25, -0.2) is 9.59 Å². The number of hydrogen-bond acceptors (Lipinski definition) is 6. The molecular formula is C6H7O8P. The minimum Gasteiger partial charge on any atom is -0.595 e. The van der Waals surface area contributed by atoms with Gasteiger partial charge < -0.3 is 15.1 Å². The molecular weight excluding hydrogens is 231 g/mol. The normalized spacial score (nSPS) is 9.33. The van der Waals surface area contributed by atoms with E-state index in [2.05, 4.69) is 0 Å². The Morgan fingerprint density at radius 2 is 1.47 bits per heavy atom. The van der Waals surface area contributed by atoms with Gasteiger partial charge in [-0.1, -0.05) is 4.57 Å². The maximum Gasteiger partial charge on any atom is 0.376 e. The largest absolute Gasteiger partial charge is 0.595 e. The second-order valence-electron chi connectivity index (χ2n) is 2.08. The number of carboxylic acids is 2. The van der Waals surface area contributed by atoms with E-state index in [0.29, 0.717) is 0 Å². The quantitative estimate of drug-likeness (QED) is 0.439. The van der Waals surface area contributed by atoms with Crippen LogP contribution in [0.5, 0.6) is 0 Å². The number of hydrogen-bond donors (Lipinski definition) is 2. The summed E-state index contributed by atoms with van der Waals surface area (Å²) in [5, 5.41) is 15.5. The van der Waals surface area contributed by atoms with Gasteiger partial charge in [-0.05, 0) is 0 Å². The molecule has 84 valence electrons. The Morgan fingerprint density at radius 3 is 1.53 bits per heavy atom. The molecule has 0 aromatic heterocycles. The van der Waals surface area contributed by atoms with Crippen molar-refractivity contribution in [2.75, 3.05) is 6.16 Å². The molecule has 2 N–H and O–H groups in total. The van der Waals surface area contributed by atoms with Crippen LogP contribution in [0, 0.1) is 0 Å². The Morgan fingerprint density at radius 1 is 1.13 bits per heavy atom. The first-order valence-corrected chi connectivity index (χ1v) is 4.66. The Labute approximate surface area is 84.4 Å². The van der Waals surface area contributed by atoms with Crippen molar-refractivity contribution in [2.24, 2.45) is 0 Å². The van der Waals surface area contributed by atoms with E-state index in [1.807, 2.05) is 0 Å². The van der Waals surface area contributed by atoms with Gasteiger partial charge in [0.05, 0.1) is 0 Å². The van der Waals surface area contributed by atoms with Crippen LogP contribution in [0.2, 0.25) is 0 Å². The fraction of sp³-hybridized carbons (Fsp3) is 0.333. The zero-order valence-electron chi connectivity index (χ0n) is 7.50. The summed E-state index contributed by atoms with van der Waals surface area (Å²) in [6.07, 6.45) is -0.912. The third-order valence-electron chi connectivity index (χ3n) is 0.812. The van der Waals surface area contributed by atoms with Crippen molar-refractivity contribution in [3.8, 4) is 0 Å². The molecule has 0 aliphatic carbocycles. The highest BCUT2D eigenvalue weighted by Crippen LogP contribution is 2.04. The average Bonchev–Trinajstić information content (AvgIpc) is 2.03. The first kappa shape index (κ1) is 15.8. The van der Waals surface area contributed by atoms with Gasteiger partial charge in [-0.15, -0.1) is 0 Å². The topological polar surface area (TPSA) is 149 Å². The van der Waals surface area contributed by atoms with Crippen LogP contribution in [0.1, 0.15) is 6.92 Å². The third-order valence-corrected chi connectivity index (χ3v) is 1.36. The monoisotopic (exact) mass is 238 g/mol. The summed E-state index contributed by atoms with van der Waals surface area (Å²) < 4.78 is 9.67. The predicted molar refractivity (Wildman–Crippen MR) is 43.4 cm³/mol. The molecule has 0 heterocycles. The number of aliphatic carboxylic acids is 2. The molecule has 1 unspecified atom stereocenters. The van der Waals surface area contributed by atoms with Crippen LogP contribution < -0.4 is 4.89 Å². The van der Waals surface area contributed by atoms with Gasteiger partial charge in [0.1, 0.15) is 0 Å². The van der Waals surface area contributed by atoms with Crippen molar-refractivity contribution in [1.82, 2.24) is 0 Å². The Hall–Kier alpha value is -1.66. The number of carbonyl (C=O) groups excluding carboxylic acids is 2. The lowest BCUT2D eigenvalue weighted by molar-refractivity contribution is -0.166. The molecule has 0 spiro atoms. The zero-order valence-corrected chi connectivity index (χ0v) is 8.39. The smallest absolute Gasteiger partial charge is 0.376 e. The lowest BCUT2D eigenvalue weighted by Gasteiger charge is -1.83. The lowest BCUT2D eigenvalue weighted by Crippen LogP contribution is -2.16. The van der Waals surface area contributed by atoms with Crippen molar-refractivity contribution < 1.29 is 38.8 Å². The van der Waals surface area contributed by atoms with Crippen LogP contribution in [0.3, 0.4) is 0 Å². The average molecular weight is 238 g/mol. The summed E-state index contributed by atoms with van der Waals surface area (Å²) in [5.41, 5.74) is 0. The molecule has 0 rings (SSSR count). The standard InChI is InChI=1S/C3H3O5P.C3H4O3/c4-2(3(5)6)1-9(7)8;1-2(4)3(5)6/h1H2,(H,5,6);1H3,(H,5,6). The van der Waals surface area contributed by atoms with Crippen molar-refractivity contribution in [3.05, 3.63) is 0 Å². The number of rotatable bonds is 4. The highest BCUT2D eigenvalue weighted by atomic mass is 31.1. The molecule has 0 radical (unpaired) electrons. The van der Waals surface area contributed by atoms with E-state index >= 15 is 0 Å². The Kier molecular flexibility index (Phi) is 8.13. The summed E-state index contributed by atoms with van der Waals surface area (Å²) in [5.74, 6) is -5.22. The molecule has 0 saturated heterocycles. The first-order valence-electron chi connectivity index (χ1n) is 3.30. The van der Waals surface area contributed by atoms with E-state index < -0.39 is 37.7 Å². The van der Waals surface area contributed by atoms with Gasteiger partial charge in [-0.3, -0.25) is 9.59 Å². The molecule has 0 fully saturated rings. The van der Waals surface area contributed by atoms with Crippen LogP contribution >= 0.6 is 8.03 Å². The van der Waals surface area contributed by atoms with Gasteiger partial charge in [0.15, 0.2) is 0 Å². The molecule has 0 aliphatic heterocycles. The van der Waals surface area contributed by atoms with Crippen molar-refractivity contribution in [1.29, 1.82) is 0 Å². The van der Waals surface area contributed by atoms with Gasteiger partial charge in [0.25, 0.3) is 5.78 Å². The highest BCUT2D eigenvalue weighted by molar-refractivity contribution is 7.38. The van der Waals surface area contributed by atoms with Gasteiger partial charge in [0, 0.05) is 6.92 Å². The van der Waals surface area contributed by atoms with E-state index in [-0.39, 0.29) is 0 Å². The summed E-state index contributed by atoms with van der Waals surface area (Å²) in [4.78, 5) is 48.1. The van der Waals surface area contributed by atoms with E-state index in [1.165, 1.54) is 0 Å². The first-order chi connectivity index (χ1) is 6.68. The van der Waals surface area contributed by atoms with E-state index in [0.717, 1.165) is 6.92 Å². The Balaban J connectivity index is 0. The van der Waals surface area contributed by atoms with Gasteiger partial charge in [-0.2, -0.15) is 0 Å². The summed E-state index contributed by atoms with van der Waals surface area (Å²) in [6, 6.07) is 0. The van der Waals surface area contributed by atoms with Crippen molar-refractivity contribution in [2.45, 2.75) is 6.92 Å². The summed E-state index contributed by atoms with van der Waals surface area (Å²) >= 11 is 0. The zero-order chi connectivity index (χ0) is 12.6. The van der Waals surface area contributed by atoms with Gasteiger partial charge >= 0.3 is 20.0 Å². The van der Waals surface area contributed by atoms with Crippen LogP contribution in [-0.2, 0) is 23.7 Å². The number of Topliss-reactive ketones (excluding diaryl/α,β-unsaturated/α-hetero) is 2. The third kappa shape index (κ3) is 12.3. The van der Waals surface area contributed by atoms with Crippen LogP contribution in [0.25, 0.3) is 0 Å². The van der Waals surface area contributed by atoms with Crippen LogP contribution in [-0.4, -0.2) is 39.9 Å². The summed E-state index contributed by atoms with van der Waals surface area (Å²) in [7, 11) is -2.90. The minimum absolute atomic E-state index is 0.824. The van der Waals surface area contributed by atoms with E-state index in [9.17, 15) is 28.6 Å². The Bertz CT molecular complexity index is 294. The molecule has 0 amide bonds. The number of carboxylic acid groups (broad SMARTS) is 2. The van der Waals surface area contributed by atoms with Crippen LogP contribution in [0.15, 0.2) is 0 Å². The predicted octanol–water partition coefficient (Wildman–Crippen LogP) is -1.60. The molecule has 1 atom stereocenters. The number of carbonyl (C=O) groups is 4. The fourth-order valence-corrected chi connectivity index (χ4v) is 0.555. The lowest BCUT2D eigenvalue weighted by atomic mass is 10.5. The SMILES string of the molecule is CC(=O)C(=O)O.O=C(O)C(=O)C[P+](=O)[O-]. The molecule has 9 heteroatoms. The number of ketones is 2. The van der Waals surface area contributed by atoms with Crippen molar-refractivity contribution in [3.63, 3.8) is 0 Å². The molecule has 8 nitrogen and oxygen atoms in total. The molecule has 0 aliphatic rings. The maximum atomic E-state index is 9.97. The van der Waals surface area contributed by atoms with E-state index in [1.54, 1.807) is 0 Å². The van der Waals surface area contributed by atoms with Crippen molar-refractivity contribution >= 4 is 31.5 Å². The highest BCUT2D eigenvalue weighted by Gasteiger charge is 2.17. The maximum absolute atomic E-state index is 9.97. The molecule has 0 aromatic rings. The second kappa shape index (κ2) is 7.72. The molecule has 0 saturated carbocycles. The fourth-order valence-electron chi connectivity index (χ4n) is 0.185. The van der Waals surface area contributed by atoms with E-state index in [4.69, 9.17) is 10.2 Å². The minimum atomic E-state index is -2.90. The molecule has 15 heavy (non-hydrogen) atoms.